The van der Waals surface area contributed by atoms with Gasteiger partial charge < -0.3 is 0 Å². The Morgan fingerprint density at radius 2 is 1.73 bits per heavy atom. The highest BCUT2D eigenvalue weighted by Gasteiger charge is 2.18. The summed E-state index contributed by atoms with van der Waals surface area (Å²) < 4.78 is 27.5. The Kier molecular flexibility index (Phi) is 4.54. The van der Waals surface area contributed by atoms with Gasteiger partial charge in [0.25, 0.3) is 10.0 Å². The van der Waals surface area contributed by atoms with Gasteiger partial charge in [0.2, 0.25) is 0 Å². The van der Waals surface area contributed by atoms with Gasteiger partial charge in [-0.25, -0.2) is 8.42 Å². The summed E-state index contributed by atoms with van der Waals surface area (Å²) in [5, 5.41) is 0.391. The lowest BCUT2D eigenvalue weighted by Crippen LogP contribution is -2.15. The SMILES string of the molecule is Cc1cc(C(C)(C)C)ccc1NS(=O)(=O)c1cccc(Cl)c1. The van der Waals surface area contributed by atoms with Crippen LogP contribution in [0.3, 0.4) is 0 Å². The molecule has 0 bridgehead atoms. The lowest BCUT2D eigenvalue weighted by Gasteiger charge is -2.21. The van der Waals surface area contributed by atoms with Crippen LogP contribution in [0.5, 0.6) is 0 Å². The van der Waals surface area contributed by atoms with Gasteiger partial charge in [-0.2, -0.15) is 0 Å². The molecule has 0 heterocycles. The lowest BCUT2D eigenvalue weighted by molar-refractivity contribution is 0.590. The van der Waals surface area contributed by atoms with Gasteiger partial charge in [0, 0.05) is 5.02 Å². The minimum Gasteiger partial charge on any atom is -0.279 e. The summed E-state index contributed by atoms with van der Waals surface area (Å²) >= 11 is 5.86. The van der Waals surface area contributed by atoms with E-state index < -0.39 is 10.0 Å². The second-order valence-corrected chi connectivity index (χ2v) is 8.46. The largest absolute Gasteiger partial charge is 0.279 e. The fourth-order valence-electron chi connectivity index (χ4n) is 2.08. The van der Waals surface area contributed by atoms with Crippen molar-refractivity contribution in [2.24, 2.45) is 0 Å². The fourth-order valence-corrected chi connectivity index (χ4v) is 3.51. The van der Waals surface area contributed by atoms with E-state index in [2.05, 4.69) is 25.5 Å². The lowest BCUT2D eigenvalue weighted by atomic mass is 9.86. The molecule has 0 fully saturated rings. The van der Waals surface area contributed by atoms with Gasteiger partial charge in [0.05, 0.1) is 10.6 Å². The van der Waals surface area contributed by atoms with Gasteiger partial charge in [-0.05, 0) is 47.7 Å². The second-order valence-electron chi connectivity index (χ2n) is 6.34. The quantitative estimate of drug-likeness (QED) is 0.878. The summed E-state index contributed by atoms with van der Waals surface area (Å²) in [6.07, 6.45) is 0. The van der Waals surface area contributed by atoms with Gasteiger partial charge >= 0.3 is 0 Å². The summed E-state index contributed by atoms with van der Waals surface area (Å²) in [6.45, 7) is 8.26. The standard InChI is InChI=1S/C17H20ClNO2S/c1-12-10-13(17(2,3)4)8-9-16(12)19-22(20,21)15-7-5-6-14(18)11-15/h5-11,19H,1-4H3. The second kappa shape index (κ2) is 5.94. The smallest absolute Gasteiger partial charge is 0.261 e. The first kappa shape index (κ1) is 16.8. The molecule has 0 unspecified atom stereocenters. The number of benzene rings is 2. The van der Waals surface area contributed by atoms with Gasteiger partial charge in [-0.3, -0.25) is 4.72 Å². The first-order chi connectivity index (χ1) is 10.1. The van der Waals surface area contributed by atoms with Crippen LogP contribution in [0, 0.1) is 6.92 Å². The third kappa shape index (κ3) is 3.81. The van der Waals surface area contributed by atoms with Crippen molar-refractivity contribution in [1.29, 1.82) is 0 Å². The van der Waals surface area contributed by atoms with E-state index in [9.17, 15) is 8.42 Å². The van der Waals surface area contributed by atoms with Crippen LogP contribution in [-0.4, -0.2) is 8.42 Å². The summed E-state index contributed by atoms with van der Waals surface area (Å²) in [5.74, 6) is 0. The van der Waals surface area contributed by atoms with E-state index in [4.69, 9.17) is 11.6 Å². The van der Waals surface area contributed by atoms with E-state index in [-0.39, 0.29) is 10.3 Å². The van der Waals surface area contributed by atoms with E-state index in [1.807, 2.05) is 19.1 Å². The van der Waals surface area contributed by atoms with Crippen molar-refractivity contribution in [3.63, 3.8) is 0 Å². The molecule has 22 heavy (non-hydrogen) atoms. The predicted octanol–water partition coefficient (Wildman–Crippen LogP) is 4.75. The number of rotatable bonds is 3. The molecule has 0 aliphatic carbocycles. The fraction of sp³-hybridized carbons (Fsp3) is 0.294. The minimum absolute atomic E-state index is 0.0229. The molecule has 2 aromatic carbocycles. The molecule has 0 saturated heterocycles. The molecule has 0 spiro atoms. The number of sulfonamides is 1. The first-order valence-electron chi connectivity index (χ1n) is 6.99. The van der Waals surface area contributed by atoms with Crippen LogP contribution in [0.1, 0.15) is 31.9 Å². The highest BCUT2D eigenvalue weighted by Crippen LogP contribution is 2.28. The van der Waals surface area contributed by atoms with E-state index in [1.54, 1.807) is 18.2 Å². The van der Waals surface area contributed by atoms with Crippen LogP contribution < -0.4 is 4.72 Å². The van der Waals surface area contributed by atoms with Crippen molar-refractivity contribution in [3.8, 4) is 0 Å². The molecule has 5 heteroatoms. The Morgan fingerprint density at radius 1 is 1.05 bits per heavy atom. The predicted molar refractivity (Wildman–Crippen MR) is 92.1 cm³/mol. The molecule has 0 amide bonds. The normalized spacial score (nSPS) is 12.2. The Labute approximate surface area is 137 Å². The van der Waals surface area contributed by atoms with Crippen LogP contribution in [0.25, 0.3) is 0 Å². The molecule has 0 atom stereocenters. The Morgan fingerprint density at radius 3 is 2.27 bits per heavy atom. The number of nitrogens with one attached hydrogen (secondary N) is 1. The molecular formula is C17H20ClNO2S. The Balaban J connectivity index is 2.35. The van der Waals surface area contributed by atoms with Gasteiger partial charge in [0.15, 0.2) is 0 Å². The molecule has 0 aliphatic rings. The number of halogens is 1. The van der Waals surface area contributed by atoms with Gasteiger partial charge in [-0.15, -0.1) is 0 Å². The molecule has 2 aromatic rings. The topological polar surface area (TPSA) is 46.2 Å². The monoisotopic (exact) mass is 337 g/mol. The third-order valence-electron chi connectivity index (χ3n) is 3.44. The molecular weight excluding hydrogens is 318 g/mol. The van der Waals surface area contributed by atoms with E-state index in [0.29, 0.717) is 10.7 Å². The maximum absolute atomic E-state index is 12.4. The van der Waals surface area contributed by atoms with Crippen molar-refractivity contribution in [2.75, 3.05) is 4.72 Å². The summed E-state index contributed by atoms with van der Waals surface area (Å²) in [5.41, 5.74) is 2.65. The van der Waals surface area contributed by atoms with Crippen molar-refractivity contribution in [2.45, 2.75) is 38.0 Å². The molecule has 0 aliphatic heterocycles. The summed E-state index contributed by atoms with van der Waals surface area (Å²) in [7, 11) is -3.64. The van der Waals surface area contributed by atoms with Crippen molar-refractivity contribution >= 4 is 27.3 Å². The molecule has 0 saturated carbocycles. The summed E-state index contributed by atoms with van der Waals surface area (Å²) in [6, 6.07) is 12.0. The maximum atomic E-state index is 12.4. The van der Waals surface area contributed by atoms with Crippen LogP contribution in [0.2, 0.25) is 5.02 Å². The first-order valence-corrected chi connectivity index (χ1v) is 8.85. The molecule has 1 N–H and O–H groups in total. The van der Waals surface area contributed by atoms with E-state index in [0.717, 1.165) is 11.1 Å². The summed E-state index contributed by atoms with van der Waals surface area (Å²) in [4.78, 5) is 0.152. The highest BCUT2D eigenvalue weighted by molar-refractivity contribution is 7.92. The van der Waals surface area contributed by atoms with Crippen molar-refractivity contribution in [1.82, 2.24) is 0 Å². The number of anilines is 1. The Hall–Kier alpha value is -1.52. The zero-order valence-corrected chi connectivity index (χ0v) is 14.7. The van der Waals surface area contributed by atoms with Crippen molar-refractivity contribution in [3.05, 3.63) is 58.6 Å². The Bertz CT molecular complexity index is 793. The molecule has 0 aromatic heterocycles. The average Bonchev–Trinajstić information content (AvgIpc) is 2.40. The average molecular weight is 338 g/mol. The van der Waals surface area contributed by atoms with Gasteiger partial charge in [0.1, 0.15) is 0 Å². The minimum atomic E-state index is -3.64. The third-order valence-corrected chi connectivity index (χ3v) is 5.04. The highest BCUT2D eigenvalue weighted by atomic mass is 35.5. The number of hydrogen-bond donors (Lipinski definition) is 1. The van der Waals surface area contributed by atoms with Crippen LogP contribution in [0.15, 0.2) is 47.4 Å². The zero-order chi connectivity index (χ0) is 16.5. The molecule has 0 radical (unpaired) electrons. The van der Waals surface area contributed by atoms with Crippen molar-refractivity contribution < 1.29 is 8.42 Å². The van der Waals surface area contributed by atoms with E-state index in [1.165, 1.54) is 12.1 Å². The van der Waals surface area contributed by atoms with Crippen LogP contribution in [0.4, 0.5) is 5.69 Å². The van der Waals surface area contributed by atoms with E-state index >= 15 is 0 Å². The number of aryl methyl sites for hydroxylation is 1. The zero-order valence-electron chi connectivity index (χ0n) is 13.1. The van der Waals surface area contributed by atoms with Gasteiger partial charge in [-0.1, -0.05) is 50.6 Å². The molecule has 2 rings (SSSR count). The van der Waals surface area contributed by atoms with Crippen LogP contribution in [-0.2, 0) is 15.4 Å². The number of hydrogen-bond acceptors (Lipinski definition) is 2. The van der Waals surface area contributed by atoms with Crippen LogP contribution >= 0.6 is 11.6 Å². The molecule has 118 valence electrons. The maximum Gasteiger partial charge on any atom is 0.261 e. The molecule has 3 nitrogen and oxygen atoms in total.